The lowest BCUT2D eigenvalue weighted by Gasteiger charge is -2.11. The van der Waals surface area contributed by atoms with Gasteiger partial charge in [0.1, 0.15) is 5.82 Å². The molecule has 0 radical (unpaired) electrons. The predicted molar refractivity (Wildman–Crippen MR) is 92.8 cm³/mol. The van der Waals surface area contributed by atoms with Crippen molar-refractivity contribution in [2.24, 2.45) is 0 Å². The Bertz CT molecular complexity index is 856. The second-order valence-electron chi connectivity index (χ2n) is 4.82. The zero-order chi connectivity index (χ0) is 15.7. The molecule has 2 aromatic heterocycles. The predicted octanol–water partition coefficient (Wildman–Crippen LogP) is 3.10. The first-order chi connectivity index (χ1) is 10.5. The molecule has 2 heterocycles. The molecule has 0 fully saturated rings. The molecule has 0 aliphatic heterocycles. The van der Waals surface area contributed by atoms with Crippen molar-refractivity contribution in [3.8, 4) is 0 Å². The van der Waals surface area contributed by atoms with Gasteiger partial charge in [0.15, 0.2) is 5.65 Å². The Kier molecular flexibility index (Phi) is 4.23. The molecule has 0 amide bonds. The number of benzene rings is 1. The lowest BCUT2D eigenvalue weighted by molar-refractivity contribution is 0.702. The van der Waals surface area contributed by atoms with E-state index < -0.39 is 0 Å². The molecule has 0 spiro atoms. The van der Waals surface area contributed by atoms with Crippen molar-refractivity contribution in [1.29, 1.82) is 0 Å². The molecule has 0 unspecified atom stereocenters. The highest BCUT2D eigenvalue weighted by Gasteiger charge is 2.08. The second-order valence-corrected chi connectivity index (χ2v) is 7.06. The molecule has 3 rings (SSSR count). The minimum Gasteiger partial charge on any atom is -0.340 e. The smallest absolute Gasteiger partial charge is 0.253 e. The minimum atomic E-state index is -0.184. The van der Waals surface area contributed by atoms with Crippen LogP contribution in [0.15, 0.2) is 50.7 Å². The number of nitrogens with one attached hydrogen (secondary N) is 2. The van der Waals surface area contributed by atoms with Crippen LogP contribution in [0.2, 0.25) is 0 Å². The molecule has 0 atom stereocenters. The van der Waals surface area contributed by atoms with Crippen LogP contribution in [0.3, 0.4) is 0 Å². The van der Waals surface area contributed by atoms with Gasteiger partial charge in [0, 0.05) is 16.6 Å². The van der Waals surface area contributed by atoms with Gasteiger partial charge in [-0.3, -0.25) is 9.10 Å². The molecule has 6 nitrogen and oxygen atoms in total. The van der Waals surface area contributed by atoms with E-state index in [-0.39, 0.29) is 5.56 Å². The Morgan fingerprint density at radius 3 is 2.73 bits per heavy atom. The van der Waals surface area contributed by atoms with Crippen LogP contribution in [0.4, 0.5) is 11.5 Å². The molecule has 114 valence electrons. The molecule has 22 heavy (non-hydrogen) atoms. The molecule has 0 saturated carbocycles. The minimum absolute atomic E-state index is 0.184. The first-order valence-electron chi connectivity index (χ1n) is 6.52. The summed E-state index contributed by atoms with van der Waals surface area (Å²) < 4.78 is 4.42. The van der Waals surface area contributed by atoms with Crippen LogP contribution in [0.1, 0.15) is 0 Å². The number of aromatic nitrogens is 3. The van der Waals surface area contributed by atoms with E-state index in [0.29, 0.717) is 11.5 Å². The lowest BCUT2D eigenvalue weighted by atomic mass is 10.3. The van der Waals surface area contributed by atoms with E-state index in [1.807, 2.05) is 42.7 Å². The monoisotopic (exact) mass is 379 g/mol. The van der Waals surface area contributed by atoms with Crippen molar-refractivity contribution in [1.82, 2.24) is 18.9 Å². The number of halogens is 1. The Labute approximate surface area is 139 Å². The summed E-state index contributed by atoms with van der Waals surface area (Å²) >= 11 is 5.01. The maximum Gasteiger partial charge on any atom is 0.253 e. The average molecular weight is 380 g/mol. The summed E-state index contributed by atoms with van der Waals surface area (Å²) in [5.41, 5.74) is 1.33. The van der Waals surface area contributed by atoms with E-state index >= 15 is 0 Å². The number of anilines is 2. The summed E-state index contributed by atoms with van der Waals surface area (Å²) in [4.78, 5) is 15.6. The van der Waals surface area contributed by atoms with Gasteiger partial charge in [-0.1, -0.05) is 0 Å². The lowest BCUT2D eigenvalue weighted by Crippen LogP contribution is -2.11. The van der Waals surface area contributed by atoms with Crippen molar-refractivity contribution in [3.63, 3.8) is 0 Å². The van der Waals surface area contributed by atoms with E-state index in [0.717, 1.165) is 15.1 Å². The molecule has 2 N–H and O–H groups in total. The van der Waals surface area contributed by atoms with Gasteiger partial charge >= 0.3 is 0 Å². The number of hydrogen-bond donors (Lipinski definition) is 2. The van der Waals surface area contributed by atoms with Crippen LogP contribution < -0.4 is 10.9 Å². The highest BCUT2D eigenvalue weighted by atomic mass is 79.9. The average Bonchev–Trinajstić information content (AvgIpc) is 2.82. The quantitative estimate of drug-likeness (QED) is 0.681. The number of hydrogen-bond acceptors (Lipinski definition) is 5. The molecule has 0 bridgehead atoms. The van der Waals surface area contributed by atoms with Crippen molar-refractivity contribution in [3.05, 3.63) is 51.4 Å². The van der Waals surface area contributed by atoms with Crippen LogP contribution in [0.25, 0.3) is 5.65 Å². The Morgan fingerprint density at radius 1 is 1.32 bits per heavy atom. The van der Waals surface area contributed by atoms with Crippen LogP contribution in [0, 0.1) is 0 Å². The largest absolute Gasteiger partial charge is 0.340 e. The molecule has 0 aliphatic carbocycles. The van der Waals surface area contributed by atoms with Gasteiger partial charge in [-0.15, -0.1) is 0 Å². The van der Waals surface area contributed by atoms with Gasteiger partial charge < -0.3 is 10.3 Å². The molecular weight excluding hydrogens is 366 g/mol. The third-order valence-electron chi connectivity index (χ3n) is 2.88. The number of nitrogens with zero attached hydrogens (tertiary/aromatic N) is 3. The van der Waals surface area contributed by atoms with E-state index in [4.69, 9.17) is 0 Å². The summed E-state index contributed by atoms with van der Waals surface area (Å²) in [6, 6.07) is 9.47. The summed E-state index contributed by atoms with van der Waals surface area (Å²) in [5, 5.41) is 7.46. The summed E-state index contributed by atoms with van der Waals surface area (Å²) in [7, 11) is 4.00. The van der Waals surface area contributed by atoms with E-state index in [2.05, 4.69) is 31.3 Å². The van der Waals surface area contributed by atoms with Crippen LogP contribution in [0.5, 0.6) is 0 Å². The van der Waals surface area contributed by atoms with Gasteiger partial charge in [-0.25, -0.2) is 0 Å². The van der Waals surface area contributed by atoms with Gasteiger partial charge in [-0.2, -0.15) is 9.61 Å². The zero-order valence-electron chi connectivity index (χ0n) is 12.0. The first kappa shape index (κ1) is 15.1. The summed E-state index contributed by atoms with van der Waals surface area (Å²) in [6.45, 7) is 0. The fourth-order valence-corrected chi connectivity index (χ4v) is 3.05. The molecule has 8 heteroatoms. The van der Waals surface area contributed by atoms with E-state index in [1.54, 1.807) is 22.7 Å². The SMILES string of the molecule is CN(C)Sc1ccc(Nc2cc(=O)[nH]c3c(Br)cnn23)cc1. The number of H-pyrrole nitrogens is 1. The summed E-state index contributed by atoms with van der Waals surface area (Å²) in [6.07, 6.45) is 1.65. The zero-order valence-corrected chi connectivity index (χ0v) is 14.4. The maximum atomic E-state index is 11.8. The third-order valence-corrected chi connectivity index (χ3v) is 4.31. The molecule has 1 aromatic carbocycles. The van der Waals surface area contributed by atoms with E-state index in [1.165, 1.54) is 6.07 Å². The number of aromatic amines is 1. The topological polar surface area (TPSA) is 65.4 Å². The van der Waals surface area contributed by atoms with Crippen LogP contribution >= 0.6 is 27.9 Å². The normalized spacial score (nSPS) is 11.3. The van der Waals surface area contributed by atoms with E-state index in [9.17, 15) is 4.79 Å². The van der Waals surface area contributed by atoms with Crippen LogP contribution in [-0.4, -0.2) is 33.0 Å². The van der Waals surface area contributed by atoms with Crippen molar-refractivity contribution in [2.45, 2.75) is 4.90 Å². The second kappa shape index (κ2) is 6.15. The van der Waals surface area contributed by atoms with Crippen LogP contribution in [-0.2, 0) is 0 Å². The Balaban J connectivity index is 1.91. The Morgan fingerprint density at radius 2 is 2.05 bits per heavy atom. The number of rotatable bonds is 4. The fraction of sp³-hybridized carbons (Fsp3) is 0.143. The fourth-order valence-electron chi connectivity index (χ4n) is 2.01. The van der Waals surface area contributed by atoms with Crippen molar-refractivity contribution in [2.75, 3.05) is 19.4 Å². The van der Waals surface area contributed by atoms with Gasteiger partial charge in [0.05, 0.1) is 10.7 Å². The van der Waals surface area contributed by atoms with Crippen molar-refractivity contribution >= 4 is 45.0 Å². The number of fused-ring (bicyclic) bond motifs is 1. The van der Waals surface area contributed by atoms with Gasteiger partial charge in [0.25, 0.3) is 5.56 Å². The molecular formula is C14H14BrN5OS. The maximum absolute atomic E-state index is 11.8. The Hall–Kier alpha value is -1.77. The first-order valence-corrected chi connectivity index (χ1v) is 8.08. The van der Waals surface area contributed by atoms with Crippen molar-refractivity contribution < 1.29 is 0 Å². The van der Waals surface area contributed by atoms with Gasteiger partial charge in [-0.05, 0) is 66.2 Å². The molecule has 0 aliphatic rings. The third kappa shape index (κ3) is 3.18. The van der Waals surface area contributed by atoms with Gasteiger partial charge in [0.2, 0.25) is 0 Å². The molecule has 3 aromatic rings. The highest BCUT2D eigenvalue weighted by Crippen LogP contribution is 2.24. The molecule has 0 saturated heterocycles. The highest BCUT2D eigenvalue weighted by molar-refractivity contribution is 9.10. The summed E-state index contributed by atoms with van der Waals surface area (Å²) in [5.74, 6) is 0.609. The standard InChI is InChI=1S/C14H14BrN5OS/c1-19(2)22-10-5-3-9(4-6-10)17-12-7-13(21)18-14-11(15)8-16-20(12)14/h3-8,17H,1-2H3,(H,18,21).